The van der Waals surface area contributed by atoms with Crippen LogP contribution in [0.2, 0.25) is 0 Å². The number of ether oxygens (including phenoxy) is 1. The monoisotopic (exact) mass is 340 g/mol. The van der Waals surface area contributed by atoms with E-state index in [1.54, 1.807) is 0 Å². The fourth-order valence-electron chi connectivity index (χ4n) is 3.45. The van der Waals surface area contributed by atoms with Gasteiger partial charge < -0.3 is 4.74 Å². The van der Waals surface area contributed by atoms with E-state index in [-0.39, 0.29) is 17.7 Å². The van der Waals surface area contributed by atoms with Crippen molar-refractivity contribution in [3.8, 4) is 11.8 Å². The number of hydrogen-bond donors (Lipinski definition) is 1. The summed E-state index contributed by atoms with van der Waals surface area (Å²) in [6, 6.07) is 24.0. The molecule has 0 unspecified atom stereocenters. The van der Waals surface area contributed by atoms with Gasteiger partial charge in [-0.3, -0.25) is 10.1 Å². The van der Waals surface area contributed by atoms with Crippen LogP contribution in [0.3, 0.4) is 0 Å². The SMILES string of the molecule is CC(=O)NC1=C(C#N)[C@H](c2ccccc2)c2c(ccc3ccccc23)O1. The highest BCUT2D eigenvalue weighted by Crippen LogP contribution is 2.45. The Hall–Kier alpha value is -3.58. The molecular formula is C22H16N2O2. The van der Waals surface area contributed by atoms with Gasteiger partial charge in [0, 0.05) is 12.5 Å². The predicted molar refractivity (Wildman–Crippen MR) is 99.3 cm³/mol. The first-order valence-electron chi connectivity index (χ1n) is 8.35. The maximum Gasteiger partial charge on any atom is 0.223 e. The Bertz CT molecular complexity index is 1080. The largest absolute Gasteiger partial charge is 0.440 e. The van der Waals surface area contributed by atoms with Crippen molar-refractivity contribution in [1.82, 2.24) is 5.32 Å². The molecule has 26 heavy (non-hydrogen) atoms. The minimum Gasteiger partial charge on any atom is -0.440 e. The maximum atomic E-state index is 11.6. The van der Waals surface area contributed by atoms with Gasteiger partial charge in [0.1, 0.15) is 17.4 Å². The van der Waals surface area contributed by atoms with Gasteiger partial charge in [-0.05, 0) is 22.4 Å². The summed E-state index contributed by atoms with van der Waals surface area (Å²) >= 11 is 0. The average Bonchev–Trinajstić information content (AvgIpc) is 2.67. The van der Waals surface area contributed by atoms with E-state index in [1.165, 1.54) is 6.92 Å². The van der Waals surface area contributed by atoms with Crippen LogP contribution in [0.1, 0.15) is 24.0 Å². The zero-order valence-electron chi connectivity index (χ0n) is 14.2. The van der Waals surface area contributed by atoms with E-state index in [0.717, 1.165) is 21.9 Å². The quantitative estimate of drug-likeness (QED) is 0.759. The van der Waals surface area contributed by atoms with Crippen molar-refractivity contribution in [3.63, 3.8) is 0 Å². The van der Waals surface area contributed by atoms with Crippen molar-refractivity contribution in [2.45, 2.75) is 12.8 Å². The van der Waals surface area contributed by atoms with Gasteiger partial charge in [-0.15, -0.1) is 0 Å². The lowest BCUT2D eigenvalue weighted by molar-refractivity contribution is -0.118. The number of benzene rings is 3. The molecule has 3 aromatic carbocycles. The maximum absolute atomic E-state index is 11.6. The number of rotatable bonds is 2. The van der Waals surface area contributed by atoms with Crippen LogP contribution in [0.4, 0.5) is 0 Å². The van der Waals surface area contributed by atoms with E-state index in [1.807, 2.05) is 66.7 Å². The van der Waals surface area contributed by atoms with Gasteiger partial charge in [0.05, 0.1) is 5.92 Å². The second-order valence-electron chi connectivity index (χ2n) is 6.18. The number of fused-ring (bicyclic) bond motifs is 3. The first-order valence-corrected chi connectivity index (χ1v) is 8.35. The minimum atomic E-state index is -0.308. The molecule has 0 aliphatic carbocycles. The molecule has 3 aromatic rings. The number of nitrogens with zero attached hydrogens (tertiary/aromatic N) is 1. The first-order chi connectivity index (χ1) is 12.7. The molecule has 1 N–H and O–H groups in total. The number of carbonyl (C=O) groups is 1. The molecule has 0 radical (unpaired) electrons. The number of nitriles is 1. The molecule has 4 nitrogen and oxygen atoms in total. The van der Waals surface area contributed by atoms with E-state index in [9.17, 15) is 10.1 Å². The van der Waals surface area contributed by atoms with Crippen molar-refractivity contribution >= 4 is 16.7 Å². The van der Waals surface area contributed by atoms with Gasteiger partial charge >= 0.3 is 0 Å². The summed E-state index contributed by atoms with van der Waals surface area (Å²) < 4.78 is 5.93. The standard InChI is InChI=1S/C22H16N2O2/c1-14(25)24-22-18(13-23)20(16-8-3-2-4-9-16)21-17-10-6-5-7-15(17)11-12-19(21)26-22/h2-12,20H,1H3,(H,24,25)/t20-/m0/s1. The second kappa shape index (κ2) is 6.38. The van der Waals surface area contributed by atoms with E-state index < -0.39 is 0 Å². The number of allylic oxidation sites excluding steroid dienone is 1. The van der Waals surface area contributed by atoms with Gasteiger partial charge in [-0.1, -0.05) is 60.7 Å². The Labute approximate surface area is 151 Å². The lowest BCUT2D eigenvalue weighted by atomic mass is 9.81. The highest BCUT2D eigenvalue weighted by Gasteiger charge is 2.33. The normalized spacial score (nSPS) is 15.8. The van der Waals surface area contributed by atoms with Crippen molar-refractivity contribution < 1.29 is 9.53 Å². The topological polar surface area (TPSA) is 62.1 Å². The molecule has 4 rings (SSSR count). The average molecular weight is 340 g/mol. The Morgan fingerprint density at radius 2 is 1.77 bits per heavy atom. The third-order valence-corrected chi connectivity index (χ3v) is 4.51. The van der Waals surface area contributed by atoms with Crippen LogP contribution in [0, 0.1) is 11.3 Å². The number of nitrogens with one attached hydrogen (secondary N) is 1. The zero-order chi connectivity index (χ0) is 18.1. The van der Waals surface area contributed by atoms with Gasteiger partial charge in [0.2, 0.25) is 11.8 Å². The van der Waals surface area contributed by atoms with Gasteiger partial charge in [0.15, 0.2) is 0 Å². The lowest BCUT2D eigenvalue weighted by Gasteiger charge is -2.29. The van der Waals surface area contributed by atoms with Crippen molar-refractivity contribution in [2.24, 2.45) is 0 Å². The van der Waals surface area contributed by atoms with Crippen LogP contribution in [-0.4, -0.2) is 5.91 Å². The van der Waals surface area contributed by atoms with E-state index >= 15 is 0 Å². The van der Waals surface area contributed by atoms with Crippen molar-refractivity contribution in [1.29, 1.82) is 5.26 Å². The van der Waals surface area contributed by atoms with Crippen LogP contribution in [-0.2, 0) is 4.79 Å². The molecule has 0 aromatic heterocycles. The van der Waals surface area contributed by atoms with Crippen LogP contribution in [0.15, 0.2) is 78.2 Å². The summed E-state index contributed by atoms with van der Waals surface area (Å²) in [5.41, 5.74) is 2.32. The molecular weight excluding hydrogens is 324 g/mol. The molecule has 0 spiro atoms. The molecule has 126 valence electrons. The Kier molecular flexibility index (Phi) is 3.91. The highest BCUT2D eigenvalue weighted by atomic mass is 16.5. The van der Waals surface area contributed by atoms with E-state index in [4.69, 9.17) is 4.74 Å². The van der Waals surface area contributed by atoms with E-state index in [0.29, 0.717) is 11.3 Å². The zero-order valence-corrected chi connectivity index (χ0v) is 14.2. The van der Waals surface area contributed by atoms with E-state index in [2.05, 4.69) is 11.4 Å². The smallest absolute Gasteiger partial charge is 0.223 e. The van der Waals surface area contributed by atoms with Gasteiger partial charge in [-0.25, -0.2) is 0 Å². The summed E-state index contributed by atoms with van der Waals surface area (Å²) in [4.78, 5) is 11.6. The molecule has 1 heterocycles. The summed E-state index contributed by atoms with van der Waals surface area (Å²) in [7, 11) is 0. The Morgan fingerprint density at radius 3 is 2.50 bits per heavy atom. The predicted octanol–water partition coefficient (Wildman–Crippen LogP) is 4.24. The minimum absolute atomic E-state index is 0.205. The van der Waals surface area contributed by atoms with Crippen molar-refractivity contribution in [3.05, 3.63) is 89.3 Å². The highest BCUT2D eigenvalue weighted by molar-refractivity contribution is 5.90. The fourth-order valence-corrected chi connectivity index (χ4v) is 3.45. The third kappa shape index (κ3) is 2.60. The van der Waals surface area contributed by atoms with Gasteiger partial charge in [-0.2, -0.15) is 5.26 Å². The first kappa shape index (κ1) is 15.9. The lowest BCUT2D eigenvalue weighted by Crippen LogP contribution is -2.29. The number of hydrogen-bond acceptors (Lipinski definition) is 3. The van der Waals surface area contributed by atoms with Gasteiger partial charge in [0.25, 0.3) is 0 Å². The fraction of sp³-hybridized carbons (Fsp3) is 0.0909. The molecule has 1 atom stereocenters. The summed E-state index contributed by atoms with van der Waals surface area (Å²) in [5.74, 6) is 0.277. The van der Waals surface area contributed by atoms with Crippen molar-refractivity contribution in [2.75, 3.05) is 0 Å². The Balaban J connectivity index is 2.03. The molecule has 0 bridgehead atoms. The molecule has 1 aliphatic rings. The third-order valence-electron chi connectivity index (χ3n) is 4.51. The molecule has 4 heteroatoms. The van der Waals surface area contributed by atoms with Crippen LogP contribution in [0.25, 0.3) is 10.8 Å². The number of amides is 1. The summed E-state index contributed by atoms with van der Waals surface area (Å²) in [5, 5.41) is 14.6. The second-order valence-corrected chi connectivity index (χ2v) is 6.18. The summed E-state index contributed by atoms with van der Waals surface area (Å²) in [6.45, 7) is 1.40. The molecule has 0 fully saturated rings. The Morgan fingerprint density at radius 1 is 1.04 bits per heavy atom. The molecule has 0 saturated heterocycles. The van der Waals surface area contributed by atoms with Crippen LogP contribution in [0.5, 0.6) is 5.75 Å². The van der Waals surface area contributed by atoms with Crippen LogP contribution < -0.4 is 10.1 Å². The molecule has 1 aliphatic heterocycles. The molecule has 1 amide bonds. The molecule has 0 saturated carbocycles. The number of carbonyl (C=O) groups excluding carboxylic acids is 1. The summed E-state index contributed by atoms with van der Waals surface area (Å²) in [6.07, 6.45) is 0. The van der Waals surface area contributed by atoms with Crippen LogP contribution >= 0.6 is 0 Å².